The highest BCUT2D eigenvalue weighted by Crippen LogP contribution is 2.38. The lowest BCUT2D eigenvalue weighted by atomic mass is 10.2. The molecule has 0 amide bonds. The van der Waals surface area contributed by atoms with Crippen molar-refractivity contribution < 1.29 is 4.43 Å². The van der Waals surface area contributed by atoms with Crippen molar-refractivity contribution in [1.29, 1.82) is 0 Å². The number of alkyl halides is 1. The maximum atomic E-state index is 6.01. The van der Waals surface area contributed by atoms with Gasteiger partial charge in [-0.2, -0.15) is 0 Å². The van der Waals surface area contributed by atoms with Crippen LogP contribution in [0, 0.1) is 0 Å². The van der Waals surface area contributed by atoms with Gasteiger partial charge in [0.25, 0.3) is 0 Å². The molecule has 0 aliphatic rings. The molecule has 0 bridgehead atoms. The predicted octanol–water partition coefficient (Wildman–Crippen LogP) is 4.14. The van der Waals surface area contributed by atoms with Crippen LogP contribution in [-0.2, 0) is 4.43 Å². The summed E-state index contributed by atoms with van der Waals surface area (Å²) in [7, 11) is -1.54. The van der Waals surface area contributed by atoms with Crippen molar-refractivity contribution >= 4 is 24.2 Å². The van der Waals surface area contributed by atoms with Gasteiger partial charge in [-0.15, -0.1) is 0 Å². The Hall–Kier alpha value is 0.657. The molecule has 0 aromatic rings. The summed E-state index contributed by atoms with van der Waals surface area (Å²) >= 11 is 3.52. The van der Waals surface area contributed by atoms with E-state index in [2.05, 4.69) is 56.7 Å². The van der Waals surface area contributed by atoms with Crippen LogP contribution in [0.15, 0.2) is 0 Å². The van der Waals surface area contributed by atoms with E-state index in [9.17, 15) is 0 Å². The van der Waals surface area contributed by atoms with Crippen molar-refractivity contribution in [2.75, 3.05) is 0 Å². The number of halogens is 1. The Bertz CT molecular complexity index is 140. The molecule has 1 atom stereocenters. The van der Waals surface area contributed by atoms with E-state index < -0.39 is 8.32 Å². The third kappa shape index (κ3) is 3.58. The summed E-state index contributed by atoms with van der Waals surface area (Å²) in [5, 5.41) is 0.548. The number of rotatable bonds is 3. The fourth-order valence-electron chi connectivity index (χ4n) is 0.580. The van der Waals surface area contributed by atoms with Gasteiger partial charge in [-0.3, -0.25) is 0 Å². The number of hydrogen-bond donors (Lipinski definition) is 0. The van der Waals surface area contributed by atoms with Crippen LogP contribution in [0.1, 0.15) is 34.1 Å². The van der Waals surface area contributed by atoms with Gasteiger partial charge in [0.2, 0.25) is 0 Å². The summed E-state index contributed by atoms with van der Waals surface area (Å²) < 4.78 is 6.01. The first-order chi connectivity index (χ1) is 5.20. The zero-order valence-corrected chi connectivity index (χ0v) is 11.7. The highest BCUT2D eigenvalue weighted by molar-refractivity contribution is 9.09. The van der Waals surface area contributed by atoms with E-state index >= 15 is 0 Å². The Balaban J connectivity index is 4.22. The number of hydrogen-bond acceptors (Lipinski definition) is 1. The van der Waals surface area contributed by atoms with E-state index in [4.69, 9.17) is 4.43 Å². The Morgan fingerprint density at radius 3 is 2.00 bits per heavy atom. The van der Waals surface area contributed by atoms with Crippen LogP contribution in [0.25, 0.3) is 0 Å². The van der Waals surface area contributed by atoms with Crippen molar-refractivity contribution in [3.8, 4) is 0 Å². The van der Waals surface area contributed by atoms with Crippen molar-refractivity contribution in [3.63, 3.8) is 0 Å². The summed E-state index contributed by atoms with van der Waals surface area (Å²) in [5.41, 5.74) is 0. The molecule has 0 spiro atoms. The second-order valence-corrected chi connectivity index (χ2v) is 10.5. The first-order valence-electron chi connectivity index (χ1n) is 4.52. The lowest BCUT2D eigenvalue weighted by molar-refractivity contribution is 0.263. The zero-order chi connectivity index (χ0) is 9.99. The molecule has 0 heterocycles. The topological polar surface area (TPSA) is 9.23 Å². The second-order valence-electron chi connectivity index (χ2n) is 4.70. The van der Waals surface area contributed by atoms with Crippen molar-refractivity contribution in [2.24, 2.45) is 0 Å². The standard InChI is InChI=1S/C9H21BrOSi/c1-7-8(10)11-12(5,6)9(2,3)4/h8H,7H2,1-6H3. The summed E-state index contributed by atoms with van der Waals surface area (Å²) in [6, 6.07) is 0. The third-order valence-corrected chi connectivity index (χ3v) is 8.22. The molecule has 0 saturated carbocycles. The maximum Gasteiger partial charge on any atom is 0.193 e. The smallest absolute Gasteiger partial charge is 0.193 e. The molecule has 0 radical (unpaired) electrons. The SMILES string of the molecule is CCC(Br)O[Si](C)(C)C(C)(C)C. The third-order valence-electron chi connectivity index (χ3n) is 2.55. The summed E-state index contributed by atoms with van der Waals surface area (Å²) in [4.78, 5) is 0. The Morgan fingerprint density at radius 1 is 1.33 bits per heavy atom. The molecule has 0 aromatic heterocycles. The van der Waals surface area contributed by atoms with Crippen molar-refractivity contribution in [3.05, 3.63) is 0 Å². The van der Waals surface area contributed by atoms with Gasteiger partial charge in [0.05, 0.1) is 0 Å². The van der Waals surface area contributed by atoms with Gasteiger partial charge in [-0.1, -0.05) is 43.6 Å². The predicted molar refractivity (Wildman–Crippen MR) is 61.3 cm³/mol. The van der Waals surface area contributed by atoms with Gasteiger partial charge in [-0.25, -0.2) is 0 Å². The van der Waals surface area contributed by atoms with Crippen LogP contribution >= 0.6 is 15.9 Å². The van der Waals surface area contributed by atoms with Gasteiger partial charge >= 0.3 is 0 Å². The molecule has 1 nitrogen and oxygen atoms in total. The molecule has 74 valence electrons. The highest BCUT2D eigenvalue weighted by atomic mass is 79.9. The molecule has 0 aliphatic heterocycles. The average molecular weight is 253 g/mol. The first kappa shape index (κ1) is 12.7. The van der Waals surface area contributed by atoms with Gasteiger partial charge in [0.15, 0.2) is 8.32 Å². The van der Waals surface area contributed by atoms with Gasteiger partial charge in [-0.05, 0) is 24.6 Å². The Labute approximate surface area is 86.1 Å². The second kappa shape index (κ2) is 4.25. The normalized spacial score (nSPS) is 16.2. The molecule has 0 rings (SSSR count). The Kier molecular flexibility index (Phi) is 4.48. The van der Waals surface area contributed by atoms with E-state index in [0.29, 0.717) is 5.04 Å². The fourth-order valence-corrected chi connectivity index (χ4v) is 3.14. The molecule has 1 unspecified atom stereocenters. The fraction of sp³-hybridized carbons (Fsp3) is 1.00. The van der Waals surface area contributed by atoms with Crippen LogP contribution in [0.4, 0.5) is 0 Å². The monoisotopic (exact) mass is 252 g/mol. The first-order valence-corrected chi connectivity index (χ1v) is 8.35. The molecule has 0 fully saturated rings. The molecular weight excluding hydrogens is 232 g/mol. The molecule has 0 N–H and O–H groups in total. The van der Waals surface area contributed by atoms with E-state index in [0.717, 1.165) is 6.42 Å². The summed E-state index contributed by atoms with van der Waals surface area (Å²) in [6.45, 7) is 13.5. The van der Waals surface area contributed by atoms with E-state index in [1.165, 1.54) is 0 Å². The zero-order valence-electron chi connectivity index (χ0n) is 9.07. The van der Waals surface area contributed by atoms with Gasteiger partial charge in [0.1, 0.15) is 5.01 Å². The van der Waals surface area contributed by atoms with Crippen molar-refractivity contribution in [2.45, 2.75) is 57.3 Å². The van der Waals surface area contributed by atoms with E-state index in [1.807, 2.05) is 0 Å². The van der Waals surface area contributed by atoms with Crippen LogP contribution in [0.5, 0.6) is 0 Å². The van der Waals surface area contributed by atoms with E-state index in [-0.39, 0.29) is 5.01 Å². The lowest BCUT2D eigenvalue weighted by Gasteiger charge is -2.37. The van der Waals surface area contributed by atoms with Gasteiger partial charge < -0.3 is 4.43 Å². The molecule has 0 aliphatic carbocycles. The largest absolute Gasteiger partial charge is 0.405 e. The van der Waals surface area contributed by atoms with Gasteiger partial charge in [0, 0.05) is 0 Å². The van der Waals surface area contributed by atoms with Crippen molar-refractivity contribution in [1.82, 2.24) is 0 Å². The van der Waals surface area contributed by atoms with Crippen LogP contribution < -0.4 is 0 Å². The minimum absolute atomic E-state index is 0.235. The summed E-state index contributed by atoms with van der Waals surface area (Å²) in [5.74, 6) is 0. The molecule has 0 aromatic carbocycles. The maximum absolute atomic E-state index is 6.01. The molecule has 0 saturated heterocycles. The van der Waals surface area contributed by atoms with E-state index in [1.54, 1.807) is 0 Å². The van der Waals surface area contributed by atoms with Crippen LogP contribution in [0.3, 0.4) is 0 Å². The molecule has 12 heavy (non-hydrogen) atoms. The lowest BCUT2D eigenvalue weighted by Crippen LogP contribution is -2.42. The van der Waals surface area contributed by atoms with Crippen LogP contribution in [0.2, 0.25) is 18.1 Å². The quantitative estimate of drug-likeness (QED) is 0.542. The summed E-state index contributed by atoms with van der Waals surface area (Å²) in [6.07, 6.45) is 1.03. The molecular formula is C9H21BrOSi. The minimum atomic E-state index is -1.54. The highest BCUT2D eigenvalue weighted by Gasteiger charge is 2.38. The average Bonchev–Trinajstić information content (AvgIpc) is 1.84. The minimum Gasteiger partial charge on any atom is -0.405 e. The molecule has 3 heteroatoms. The van der Waals surface area contributed by atoms with Crippen LogP contribution in [-0.4, -0.2) is 13.3 Å². The Morgan fingerprint density at radius 2 is 1.75 bits per heavy atom.